The number of aromatic nitrogens is 3. The number of aryl methyl sites for hydroxylation is 1. The Labute approximate surface area is 198 Å². The Morgan fingerprint density at radius 3 is 2.20 bits per heavy atom. The molecule has 0 radical (unpaired) electrons. The Hall–Kier alpha value is -3.95. The van der Waals surface area contributed by atoms with Gasteiger partial charge in [0.05, 0.1) is 5.69 Å². The first-order chi connectivity index (χ1) is 16.7. The number of halogens is 4. The zero-order valence-corrected chi connectivity index (χ0v) is 18.8. The third-order valence-electron chi connectivity index (χ3n) is 6.04. The predicted octanol–water partition coefficient (Wildman–Crippen LogP) is 4.83. The van der Waals surface area contributed by atoms with Crippen LogP contribution in [0.15, 0.2) is 60.7 Å². The average molecular weight is 483 g/mol. The molecular weight excluding hydrogens is 462 g/mol. The second kappa shape index (κ2) is 8.68. The van der Waals surface area contributed by atoms with Crippen LogP contribution in [0.3, 0.4) is 0 Å². The van der Waals surface area contributed by atoms with Crippen LogP contribution in [0, 0.1) is 12.7 Å². The number of anilines is 1. The van der Waals surface area contributed by atoms with Gasteiger partial charge in [0.2, 0.25) is 0 Å². The molecule has 0 unspecified atom stereocenters. The summed E-state index contributed by atoms with van der Waals surface area (Å²) >= 11 is 0. The standard InChI is InChI=1S/C25H21F4N5O/c1-16-2-4-17(5-3-16)20-14-22(25(27,28)29)34-23(30-20)15-21(31-34)24(35)33-12-10-32(11-13-33)19-8-6-18(26)7-9-19/h2-9,14-15H,10-13H2,1H3. The Morgan fingerprint density at radius 1 is 0.914 bits per heavy atom. The zero-order valence-electron chi connectivity index (χ0n) is 18.8. The van der Waals surface area contributed by atoms with Crippen molar-refractivity contribution in [1.82, 2.24) is 19.5 Å². The average Bonchev–Trinajstić information content (AvgIpc) is 3.27. The highest BCUT2D eigenvalue weighted by Gasteiger charge is 2.36. The van der Waals surface area contributed by atoms with E-state index in [2.05, 4.69) is 10.1 Å². The molecule has 2 aromatic carbocycles. The fourth-order valence-corrected chi connectivity index (χ4v) is 4.13. The summed E-state index contributed by atoms with van der Waals surface area (Å²) < 4.78 is 55.4. The van der Waals surface area contributed by atoms with Crippen LogP contribution in [0.1, 0.15) is 21.7 Å². The Kier molecular flexibility index (Phi) is 5.66. The van der Waals surface area contributed by atoms with E-state index in [-0.39, 0.29) is 22.9 Å². The van der Waals surface area contributed by atoms with E-state index >= 15 is 0 Å². The predicted molar refractivity (Wildman–Crippen MR) is 123 cm³/mol. The van der Waals surface area contributed by atoms with E-state index in [0.717, 1.165) is 17.3 Å². The molecule has 5 rings (SSSR count). The number of carbonyl (C=O) groups is 1. The van der Waals surface area contributed by atoms with E-state index < -0.39 is 17.8 Å². The number of carbonyl (C=O) groups excluding carboxylic acids is 1. The molecule has 1 amide bonds. The monoisotopic (exact) mass is 483 g/mol. The fraction of sp³-hybridized carbons (Fsp3) is 0.240. The third-order valence-corrected chi connectivity index (χ3v) is 6.04. The largest absolute Gasteiger partial charge is 0.433 e. The van der Waals surface area contributed by atoms with Crippen molar-refractivity contribution >= 4 is 17.2 Å². The molecule has 3 heterocycles. The van der Waals surface area contributed by atoms with Crippen molar-refractivity contribution in [3.63, 3.8) is 0 Å². The first kappa shape index (κ1) is 22.8. The molecule has 1 fully saturated rings. The number of piperazine rings is 1. The van der Waals surface area contributed by atoms with Gasteiger partial charge in [-0.05, 0) is 37.3 Å². The molecule has 1 aliphatic rings. The van der Waals surface area contributed by atoms with E-state index in [1.807, 2.05) is 11.8 Å². The van der Waals surface area contributed by atoms with Crippen molar-refractivity contribution in [3.05, 3.63) is 83.4 Å². The minimum absolute atomic E-state index is 0.0521. The minimum atomic E-state index is -4.69. The molecule has 0 atom stereocenters. The number of hydrogen-bond acceptors (Lipinski definition) is 4. The van der Waals surface area contributed by atoms with Crippen molar-refractivity contribution in [2.24, 2.45) is 0 Å². The summed E-state index contributed by atoms with van der Waals surface area (Å²) in [5.41, 5.74) is 1.35. The smallest absolute Gasteiger partial charge is 0.368 e. The summed E-state index contributed by atoms with van der Waals surface area (Å²) in [6.45, 7) is 3.62. The maximum absolute atomic E-state index is 13.9. The molecule has 6 nitrogen and oxygen atoms in total. The molecule has 0 aliphatic carbocycles. The molecule has 35 heavy (non-hydrogen) atoms. The SMILES string of the molecule is Cc1ccc(-c2cc(C(F)(F)F)n3nc(C(=O)N4CCN(c5ccc(F)cc5)CC4)cc3n2)cc1. The molecule has 0 N–H and O–H groups in total. The highest BCUT2D eigenvalue weighted by Crippen LogP contribution is 2.32. The third kappa shape index (κ3) is 4.55. The van der Waals surface area contributed by atoms with E-state index in [1.165, 1.54) is 18.2 Å². The topological polar surface area (TPSA) is 53.7 Å². The molecule has 0 saturated carbocycles. The lowest BCUT2D eigenvalue weighted by molar-refractivity contribution is -0.142. The maximum Gasteiger partial charge on any atom is 0.433 e. The molecule has 2 aromatic heterocycles. The van der Waals surface area contributed by atoms with Gasteiger partial charge in [-0.25, -0.2) is 13.9 Å². The molecule has 4 aromatic rings. The number of hydrogen-bond donors (Lipinski definition) is 0. The van der Waals surface area contributed by atoms with Gasteiger partial charge < -0.3 is 9.80 Å². The summed E-state index contributed by atoms with van der Waals surface area (Å²) in [4.78, 5) is 21.0. The van der Waals surface area contributed by atoms with Gasteiger partial charge in [0, 0.05) is 43.5 Å². The van der Waals surface area contributed by atoms with Gasteiger partial charge in [-0.3, -0.25) is 4.79 Å². The van der Waals surface area contributed by atoms with Crippen molar-refractivity contribution in [2.75, 3.05) is 31.1 Å². The second-order valence-corrected chi connectivity index (χ2v) is 8.45. The highest BCUT2D eigenvalue weighted by atomic mass is 19.4. The Bertz CT molecular complexity index is 1370. The first-order valence-electron chi connectivity index (χ1n) is 11.0. The molecule has 0 bridgehead atoms. The Balaban J connectivity index is 1.42. The zero-order chi connectivity index (χ0) is 24.7. The lowest BCUT2D eigenvalue weighted by atomic mass is 10.1. The number of fused-ring (bicyclic) bond motifs is 1. The highest BCUT2D eigenvalue weighted by molar-refractivity contribution is 5.93. The molecule has 1 saturated heterocycles. The van der Waals surface area contributed by atoms with Gasteiger partial charge in [0.15, 0.2) is 17.0 Å². The van der Waals surface area contributed by atoms with Gasteiger partial charge in [-0.2, -0.15) is 18.3 Å². The molecular formula is C25H21F4N5O. The summed E-state index contributed by atoms with van der Waals surface area (Å²) in [7, 11) is 0. The lowest BCUT2D eigenvalue weighted by Crippen LogP contribution is -2.48. The lowest BCUT2D eigenvalue weighted by Gasteiger charge is -2.35. The Morgan fingerprint density at radius 2 is 1.57 bits per heavy atom. The summed E-state index contributed by atoms with van der Waals surface area (Å²) in [6, 6.07) is 15.3. The van der Waals surface area contributed by atoms with Crippen LogP contribution in [0.2, 0.25) is 0 Å². The van der Waals surface area contributed by atoms with Gasteiger partial charge in [0.1, 0.15) is 5.82 Å². The van der Waals surface area contributed by atoms with Crippen LogP contribution in [-0.2, 0) is 6.18 Å². The van der Waals surface area contributed by atoms with E-state index in [9.17, 15) is 22.4 Å². The second-order valence-electron chi connectivity index (χ2n) is 8.45. The van der Waals surface area contributed by atoms with E-state index in [1.54, 1.807) is 41.3 Å². The molecule has 0 spiro atoms. The summed E-state index contributed by atoms with van der Waals surface area (Å²) in [5, 5.41) is 3.98. The van der Waals surface area contributed by atoms with Crippen molar-refractivity contribution in [2.45, 2.75) is 13.1 Å². The summed E-state index contributed by atoms with van der Waals surface area (Å²) in [5.74, 6) is -0.786. The van der Waals surface area contributed by atoms with Crippen molar-refractivity contribution < 1.29 is 22.4 Å². The van der Waals surface area contributed by atoms with E-state index in [0.29, 0.717) is 36.3 Å². The van der Waals surface area contributed by atoms with E-state index in [4.69, 9.17) is 0 Å². The van der Waals surface area contributed by atoms with Crippen LogP contribution >= 0.6 is 0 Å². The summed E-state index contributed by atoms with van der Waals surface area (Å²) in [6.07, 6.45) is -4.69. The van der Waals surface area contributed by atoms with Crippen LogP contribution in [-0.4, -0.2) is 51.6 Å². The van der Waals surface area contributed by atoms with Crippen LogP contribution < -0.4 is 4.90 Å². The van der Waals surface area contributed by atoms with Gasteiger partial charge >= 0.3 is 6.18 Å². The number of nitrogens with zero attached hydrogens (tertiary/aromatic N) is 5. The normalized spacial score (nSPS) is 14.5. The van der Waals surface area contributed by atoms with Crippen LogP contribution in [0.5, 0.6) is 0 Å². The van der Waals surface area contributed by atoms with Crippen LogP contribution in [0.25, 0.3) is 16.9 Å². The minimum Gasteiger partial charge on any atom is -0.368 e. The fourth-order valence-electron chi connectivity index (χ4n) is 4.13. The molecule has 180 valence electrons. The van der Waals surface area contributed by atoms with Crippen molar-refractivity contribution in [3.8, 4) is 11.3 Å². The van der Waals surface area contributed by atoms with Crippen LogP contribution in [0.4, 0.5) is 23.2 Å². The number of rotatable bonds is 3. The molecule has 10 heteroatoms. The molecule has 1 aliphatic heterocycles. The van der Waals surface area contributed by atoms with Gasteiger partial charge in [-0.15, -0.1) is 0 Å². The number of benzene rings is 2. The van der Waals surface area contributed by atoms with Crippen molar-refractivity contribution in [1.29, 1.82) is 0 Å². The number of alkyl halides is 3. The van der Waals surface area contributed by atoms with Gasteiger partial charge in [0.25, 0.3) is 5.91 Å². The quantitative estimate of drug-likeness (QED) is 0.392. The number of amides is 1. The maximum atomic E-state index is 13.9. The van der Waals surface area contributed by atoms with Gasteiger partial charge in [-0.1, -0.05) is 29.8 Å². The first-order valence-corrected chi connectivity index (χ1v) is 11.0.